The van der Waals surface area contributed by atoms with Crippen molar-refractivity contribution in [2.45, 2.75) is 19.9 Å². The Hall–Kier alpha value is -1.68. The molecule has 1 heterocycles. The molecular weight excluding hydrogens is 230 g/mol. The molecule has 0 radical (unpaired) electrons. The Morgan fingerprint density at radius 2 is 2.22 bits per heavy atom. The van der Waals surface area contributed by atoms with Crippen LogP contribution in [0.2, 0.25) is 0 Å². The maximum atomic E-state index is 5.40. The van der Waals surface area contributed by atoms with Gasteiger partial charge in [-0.3, -0.25) is 0 Å². The SMILES string of the molecule is CNC(C)/C(C)=C/c1cc(OC)c2c(c1)OCO2. The van der Waals surface area contributed by atoms with Crippen molar-refractivity contribution in [2.75, 3.05) is 21.0 Å². The van der Waals surface area contributed by atoms with E-state index in [-0.39, 0.29) is 6.79 Å². The molecule has 0 fully saturated rings. The van der Waals surface area contributed by atoms with E-state index in [2.05, 4.69) is 25.2 Å². The number of fused-ring (bicyclic) bond motifs is 1. The third kappa shape index (κ3) is 2.43. The van der Waals surface area contributed by atoms with Crippen molar-refractivity contribution in [3.63, 3.8) is 0 Å². The van der Waals surface area contributed by atoms with Crippen LogP contribution in [0.15, 0.2) is 17.7 Å². The fourth-order valence-electron chi connectivity index (χ4n) is 1.85. The molecule has 1 N–H and O–H groups in total. The molecule has 4 heteroatoms. The predicted molar refractivity (Wildman–Crippen MR) is 71.3 cm³/mol. The number of benzene rings is 1. The van der Waals surface area contributed by atoms with Crippen molar-refractivity contribution in [3.8, 4) is 17.2 Å². The van der Waals surface area contributed by atoms with Crippen LogP contribution in [0.5, 0.6) is 17.2 Å². The maximum Gasteiger partial charge on any atom is 0.231 e. The molecule has 1 atom stereocenters. The van der Waals surface area contributed by atoms with Crippen LogP contribution < -0.4 is 19.5 Å². The van der Waals surface area contributed by atoms with Crippen LogP contribution in [0.25, 0.3) is 6.08 Å². The first-order valence-corrected chi connectivity index (χ1v) is 5.98. The molecule has 1 aromatic rings. The molecule has 0 spiro atoms. The zero-order valence-corrected chi connectivity index (χ0v) is 11.2. The van der Waals surface area contributed by atoms with Crippen LogP contribution in [-0.4, -0.2) is 27.0 Å². The van der Waals surface area contributed by atoms with Gasteiger partial charge in [0, 0.05) is 6.04 Å². The third-order valence-electron chi connectivity index (χ3n) is 3.19. The monoisotopic (exact) mass is 249 g/mol. The standard InChI is InChI=1S/C14H19NO3/c1-9(10(2)15-3)5-11-6-12(16-4)14-13(7-11)17-8-18-14/h5-7,10,15H,8H2,1-4H3/b9-5+. The minimum Gasteiger partial charge on any atom is -0.493 e. The molecule has 0 aromatic heterocycles. The summed E-state index contributed by atoms with van der Waals surface area (Å²) in [6.07, 6.45) is 2.12. The smallest absolute Gasteiger partial charge is 0.231 e. The molecule has 2 rings (SSSR count). The van der Waals surface area contributed by atoms with E-state index < -0.39 is 0 Å². The van der Waals surface area contributed by atoms with E-state index in [1.165, 1.54) is 5.57 Å². The van der Waals surface area contributed by atoms with Crippen LogP contribution >= 0.6 is 0 Å². The van der Waals surface area contributed by atoms with Crippen molar-refractivity contribution in [1.82, 2.24) is 5.32 Å². The number of hydrogen-bond donors (Lipinski definition) is 1. The topological polar surface area (TPSA) is 39.7 Å². The van der Waals surface area contributed by atoms with Crippen LogP contribution in [0.4, 0.5) is 0 Å². The molecule has 0 amide bonds. The number of ether oxygens (including phenoxy) is 3. The van der Waals surface area contributed by atoms with Crippen LogP contribution in [0.1, 0.15) is 19.4 Å². The van der Waals surface area contributed by atoms with Gasteiger partial charge >= 0.3 is 0 Å². The predicted octanol–water partition coefficient (Wildman–Crippen LogP) is 2.44. The molecule has 4 nitrogen and oxygen atoms in total. The van der Waals surface area contributed by atoms with E-state index in [1.807, 2.05) is 19.2 Å². The lowest BCUT2D eigenvalue weighted by Gasteiger charge is -2.11. The zero-order valence-electron chi connectivity index (χ0n) is 11.2. The van der Waals surface area contributed by atoms with Gasteiger partial charge in [-0.2, -0.15) is 0 Å². The highest BCUT2D eigenvalue weighted by Crippen LogP contribution is 2.42. The number of likely N-dealkylation sites (N-methyl/N-ethyl adjacent to an activating group) is 1. The minimum atomic E-state index is 0.255. The van der Waals surface area contributed by atoms with E-state index in [0.717, 1.165) is 11.3 Å². The van der Waals surface area contributed by atoms with Crippen molar-refractivity contribution in [1.29, 1.82) is 0 Å². The fourth-order valence-corrected chi connectivity index (χ4v) is 1.85. The van der Waals surface area contributed by atoms with Crippen LogP contribution in [0, 0.1) is 0 Å². The normalized spacial score (nSPS) is 15.7. The molecule has 1 aromatic carbocycles. The van der Waals surface area contributed by atoms with E-state index in [4.69, 9.17) is 14.2 Å². The summed E-state index contributed by atoms with van der Waals surface area (Å²) in [7, 11) is 3.58. The van der Waals surface area contributed by atoms with Crippen molar-refractivity contribution in [2.24, 2.45) is 0 Å². The Balaban J connectivity index is 2.35. The second-order valence-corrected chi connectivity index (χ2v) is 4.36. The summed E-state index contributed by atoms with van der Waals surface area (Å²) in [5, 5.41) is 3.21. The van der Waals surface area contributed by atoms with Gasteiger partial charge in [0.15, 0.2) is 11.5 Å². The molecule has 0 aliphatic carbocycles. The van der Waals surface area contributed by atoms with Gasteiger partial charge in [0.05, 0.1) is 7.11 Å². The van der Waals surface area contributed by atoms with E-state index in [0.29, 0.717) is 17.5 Å². The first-order chi connectivity index (χ1) is 8.65. The summed E-state index contributed by atoms with van der Waals surface area (Å²) in [6.45, 7) is 4.47. The Kier molecular flexibility index (Phi) is 3.77. The highest BCUT2D eigenvalue weighted by atomic mass is 16.7. The molecule has 0 saturated carbocycles. The van der Waals surface area contributed by atoms with Crippen molar-refractivity contribution < 1.29 is 14.2 Å². The molecule has 98 valence electrons. The lowest BCUT2D eigenvalue weighted by molar-refractivity contribution is 0.171. The van der Waals surface area contributed by atoms with E-state index >= 15 is 0 Å². The lowest BCUT2D eigenvalue weighted by atomic mass is 10.1. The highest BCUT2D eigenvalue weighted by molar-refractivity contribution is 5.64. The van der Waals surface area contributed by atoms with Gasteiger partial charge in [-0.05, 0) is 38.6 Å². The van der Waals surface area contributed by atoms with Gasteiger partial charge in [0.2, 0.25) is 12.5 Å². The fraction of sp³-hybridized carbons (Fsp3) is 0.429. The third-order valence-corrected chi connectivity index (χ3v) is 3.19. The average Bonchev–Trinajstić information content (AvgIpc) is 2.84. The van der Waals surface area contributed by atoms with Gasteiger partial charge in [0.1, 0.15) is 0 Å². The zero-order chi connectivity index (χ0) is 13.1. The Morgan fingerprint density at radius 1 is 1.44 bits per heavy atom. The Morgan fingerprint density at radius 3 is 2.89 bits per heavy atom. The summed E-state index contributed by atoms with van der Waals surface area (Å²) >= 11 is 0. The second-order valence-electron chi connectivity index (χ2n) is 4.36. The summed E-state index contributed by atoms with van der Waals surface area (Å²) in [4.78, 5) is 0. The second kappa shape index (κ2) is 5.31. The van der Waals surface area contributed by atoms with Gasteiger partial charge in [-0.15, -0.1) is 0 Å². The Bertz CT molecular complexity index is 468. The summed E-state index contributed by atoms with van der Waals surface area (Å²) in [5.74, 6) is 2.14. The molecule has 18 heavy (non-hydrogen) atoms. The molecule has 1 unspecified atom stereocenters. The number of methoxy groups -OCH3 is 1. The summed E-state index contributed by atoms with van der Waals surface area (Å²) < 4.78 is 16.1. The van der Waals surface area contributed by atoms with E-state index in [9.17, 15) is 0 Å². The average molecular weight is 249 g/mol. The largest absolute Gasteiger partial charge is 0.493 e. The quantitative estimate of drug-likeness (QED) is 0.889. The van der Waals surface area contributed by atoms with Gasteiger partial charge in [0.25, 0.3) is 0 Å². The lowest BCUT2D eigenvalue weighted by Crippen LogP contribution is -2.21. The minimum absolute atomic E-state index is 0.255. The van der Waals surface area contributed by atoms with E-state index in [1.54, 1.807) is 7.11 Å². The number of nitrogens with one attached hydrogen (secondary N) is 1. The van der Waals surface area contributed by atoms with Gasteiger partial charge in [-0.25, -0.2) is 0 Å². The first-order valence-electron chi connectivity index (χ1n) is 5.98. The molecule has 0 saturated heterocycles. The molecular formula is C14H19NO3. The first kappa shape index (κ1) is 12.8. The Labute approximate surface area is 108 Å². The molecule has 1 aliphatic rings. The summed E-state index contributed by atoms with van der Waals surface area (Å²) in [6, 6.07) is 4.26. The number of rotatable bonds is 4. The van der Waals surface area contributed by atoms with Gasteiger partial charge < -0.3 is 19.5 Å². The molecule has 0 bridgehead atoms. The summed E-state index contributed by atoms with van der Waals surface area (Å²) in [5.41, 5.74) is 2.30. The van der Waals surface area contributed by atoms with Crippen molar-refractivity contribution in [3.05, 3.63) is 23.3 Å². The maximum absolute atomic E-state index is 5.40. The highest BCUT2D eigenvalue weighted by Gasteiger charge is 2.19. The van der Waals surface area contributed by atoms with Crippen LogP contribution in [-0.2, 0) is 0 Å². The van der Waals surface area contributed by atoms with Crippen molar-refractivity contribution >= 4 is 6.08 Å². The van der Waals surface area contributed by atoms with Crippen LogP contribution in [0.3, 0.4) is 0 Å². The molecule has 1 aliphatic heterocycles. The van der Waals surface area contributed by atoms with Gasteiger partial charge in [-0.1, -0.05) is 11.6 Å². The number of hydrogen-bond acceptors (Lipinski definition) is 4.